The van der Waals surface area contributed by atoms with Gasteiger partial charge in [-0.3, -0.25) is 5.10 Å². The van der Waals surface area contributed by atoms with E-state index in [4.69, 9.17) is 10.2 Å². The fourth-order valence-corrected chi connectivity index (χ4v) is 2.30. The number of piperidine rings is 1. The summed E-state index contributed by atoms with van der Waals surface area (Å²) in [7, 11) is 0. The minimum atomic E-state index is 0.312. The van der Waals surface area contributed by atoms with Gasteiger partial charge in [0.15, 0.2) is 11.6 Å². The lowest BCUT2D eigenvalue weighted by Gasteiger charge is -2.28. The first-order chi connectivity index (χ1) is 9.26. The molecular formula is C13H19N5O. The summed E-state index contributed by atoms with van der Waals surface area (Å²) in [6.07, 6.45) is 2.86. The minimum Gasteiger partial charge on any atom is -0.458 e. The number of aromatic nitrogens is 3. The molecule has 0 amide bonds. The number of nitrogens with two attached hydrogens (primary N) is 1. The molecule has 0 spiro atoms. The van der Waals surface area contributed by atoms with Crippen LogP contribution in [-0.4, -0.2) is 34.3 Å². The lowest BCUT2D eigenvalue weighted by Crippen LogP contribution is -2.40. The normalized spacial score (nSPS) is 17.1. The fraction of sp³-hybridized carbons (Fsp3) is 0.538. The van der Waals surface area contributed by atoms with Gasteiger partial charge in [0.05, 0.1) is 0 Å². The number of hydrogen-bond donors (Lipinski definition) is 2. The van der Waals surface area contributed by atoms with Gasteiger partial charge in [0.1, 0.15) is 5.76 Å². The second kappa shape index (κ2) is 5.05. The van der Waals surface area contributed by atoms with Crippen molar-refractivity contribution in [2.75, 3.05) is 18.0 Å². The SMILES string of the molecule is CCc1ccc(-c2nc(N3CCC(N)CC3)n[nH]2)o1. The molecule has 3 N–H and O–H groups in total. The van der Waals surface area contributed by atoms with Gasteiger partial charge in [0.2, 0.25) is 5.95 Å². The minimum absolute atomic E-state index is 0.312. The molecule has 0 aromatic carbocycles. The highest BCUT2D eigenvalue weighted by atomic mass is 16.3. The van der Waals surface area contributed by atoms with Crippen LogP contribution in [0.3, 0.4) is 0 Å². The van der Waals surface area contributed by atoms with E-state index in [9.17, 15) is 0 Å². The van der Waals surface area contributed by atoms with E-state index in [1.54, 1.807) is 0 Å². The number of nitrogens with zero attached hydrogens (tertiary/aromatic N) is 3. The Morgan fingerprint density at radius 1 is 1.42 bits per heavy atom. The van der Waals surface area contributed by atoms with Gasteiger partial charge in [0, 0.05) is 25.6 Å². The number of aromatic amines is 1. The Labute approximate surface area is 112 Å². The van der Waals surface area contributed by atoms with Crippen LogP contribution in [0.2, 0.25) is 0 Å². The van der Waals surface area contributed by atoms with Gasteiger partial charge >= 0.3 is 0 Å². The molecule has 1 aliphatic heterocycles. The summed E-state index contributed by atoms with van der Waals surface area (Å²) in [5.41, 5.74) is 5.90. The number of H-pyrrole nitrogens is 1. The van der Waals surface area contributed by atoms with Gasteiger partial charge in [-0.1, -0.05) is 6.92 Å². The Kier molecular flexibility index (Phi) is 3.25. The summed E-state index contributed by atoms with van der Waals surface area (Å²) in [5, 5.41) is 7.21. The zero-order chi connectivity index (χ0) is 13.2. The van der Waals surface area contributed by atoms with Crippen LogP contribution in [0.15, 0.2) is 16.5 Å². The van der Waals surface area contributed by atoms with Gasteiger partial charge in [0.25, 0.3) is 0 Å². The lowest BCUT2D eigenvalue weighted by molar-refractivity contribution is 0.496. The molecule has 0 unspecified atom stereocenters. The third kappa shape index (κ3) is 2.49. The Morgan fingerprint density at radius 3 is 2.89 bits per heavy atom. The van der Waals surface area contributed by atoms with Crippen molar-refractivity contribution < 1.29 is 4.42 Å². The first-order valence-electron chi connectivity index (χ1n) is 6.78. The summed E-state index contributed by atoms with van der Waals surface area (Å²) >= 11 is 0. The topological polar surface area (TPSA) is 84.0 Å². The number of hydrogen-bond acceptors (Lipinski definition) is 5. The second-order valence-corrected chi connectivity index (χ2v) is 4.93. The first-order valence-corrected chi connectivity index (χ1v) is 6.78. The zero-order valence-electron chi connectivity index (χ0n) is 11.1. The molecule has 6 nitrogen and oxygen atoms in total. The number of anilines is 1. The Morgan fingerprint density at radius 2 is 2.21 bits per heavy atom. The Bertz CT molecular complexity index is 539. The lowest BCUT2D eigenvalue weighted by atomic mass is 10.1. The van der Waals surface area contributed by atoms with E-state index in [0.29, 0.717) is 11.9 Å². The van der Waals surface area contributed by atoms with Crippen molar-refractivity contribution in [2.24, 2.45) is 5.73 Å². The van der Waals surface area contributed by atoms with Crippen molar-refractivity contribution in [1.82, 2.24) is 15.2 Å². The maximum atomic E-state index is 5.90. The van der Waals surface area contributed by atoms with Gasteiger partial charge in [-0.05, 0) is 25.0 Å². The van der Waals surface area contributed by atoms with Crippen LogP contribution in [0.5, 0.6) is 0 Å². The molecule has 2 aromatic heterocycles. The van der Waals surface area contributed by atoms with Crippen LogP contribution in [0.4, 0.5) is 5.95 Å². The van der Waals surface area contributed by atoms with Crippen molar-refractivity contribution in [3.63, 3.8) is 0 Å². The molecule has 0 atom stereocenters. The molecule has 0 saturated carbocycles. The highest BCUT2D eigenvalue weighted by Crippen LogP contribution is 2.22. The standard InChI is InChI=1S/C13H19N5O/c1-2-10-3-4-11(19-10)12-15-13(17-16-12)18-7-5-9(14)6-8-18/h3-4,9H,2,5-8,14H2,1H3,(H,15,16,17). The van der Waals surface area contributed by atoms with Crippen molar-refractivity contribution in [3.8, 4) is 11.6 Å². The highest BCUT2D eigenvalue weighted by molar-refractivity contribution is 5.49. The predicted molar refractivity (Wildman–Crippen MR) is 72.9 cm³/mol. The molecule has 1 saturated heterocycles. The van der Waals surface area contributed by atoms with Gasteiger partial charge in [-0.2, -0.15) is 4.98 Å². The highest BCUT2D eigenvalue weighted by Gasteiger charge is 2.20. The summed E-state index contributed by atoms with van der Waals surface area (Å²) in [6, 6.07) is 4.21. The van der Waals surface area contributed by atoms with Gasteiger partial charge < -0.3 is 15.1 Å². The molecular weight excluding hydrogens is 242 g/mol. The summed E-state index contributed by atoms with van der Waals surface area (Å²) in [5.74, 6) is 3.11. The van der Waals surface area contributed by atoms with E-state index in [1.807, 2.05) is 12.1 Å². The van der Waals surface area contributed by atoms with E-state index in [2.05, 4.69) is 27.0 Å². The Hall–Kier alpha value is -1.82. The number of aryl methyl sites for hydroxylation is 1. The van der Waals surface area contributed by atoms with Crippen LogP contribution in [0, 0.1) is 0 Å². The maximum absolute atomic E-state index is 5.90. The van der Waals surface area contributed by atoms with Crippen molar-refractivity contribution in [3.05, 3.63) is 17.9 Å². The zero-order valence-corrected chi connectivity index (χ0v) is 11.1. The largest absolute Gasteiger partial charge is 0.458 e. The van der Waals surface area contributed by atoms with Crippen molar-refractivity contribution in [2.45, 2.75) is 32.2 Å². The smallest absolute Gasteiger partial charge is 0.245 e. The van der Waals surface area contributed by atoms with Crippen LogP contribution in [0.1, 0.15) is 25.5 Å². The fourth-order valence-electron chi connectivity index (χ4n) is 2.30. The third-order valence-corrected chi connectivity index (χ3v) is 3.54. The van der Waals surface area contributed by atoms with E-state index in [1.165, 1.54) is 0 Å². The van der Waals surface area contributed by atoms with Crippen LogP contribution >= 0.6 is 0 Å². The monoisotopic (exact) mass is 261 g/mol. The van der Waals surface area contributed by atoms with Crippen molar-refractivity contribution >= 4 is 5.95 Å². The molecule has 102 valence electrons. The van der Waals surface area contributed by atoms with Crippen LogP contribution in [0.25, 0.3) is 11.6 Å². The molecule has 3 rings (SSSR count). The summed E-state index contributed by atoms with van der Waals surface area (Å²) < 4.78 is 5.66. The third-order valence-electron chi connectivity index (χ3n) is 3.54. The van der Waals surface area contributed by atoms with E-state index in [-0.39, 0.29) is 0 Å². The maximum Gasteiger partial charge on any atom is 0.245 e. The molecule has 0 aliphatic carbocycles. The molecule has 1 aliphatic rings. The summed E-state index contributed by atoms with van der Waals surface area (Å²) in [6.45, 7) is 3.89. The average molecular weight is 261 g/mol. The number of rotatable bonds is 3. The second-order valence-electron chi connectivity index (χ2n) is 4.93. The van der Waals surface area contributed by atoms with Crippen LogP contribution < -0.4 is 10.6 Å². The molecule has 1 fully saturated rings. The van der Waals surface area contributed by atoms with E-state index < -0.39 is 0 Å². The number of nitrogens with one attached hydrogen (secondary N) is 1. The predicted octanol–water partition coefficient (Wildman–Crippen LogP) is 1.55. The van der Waals surface area contributed by atoms with Gasteiger partial charge in [-0.15, -0.1) is 5.10 Å². The summed E-state index contributed by atoms with van der Waals surface area (Å²) in [4.78, 5) is 6.66. The van der Waals surface area contributed by atoms with E-state index >= 15 is 0 Å². The molecule has 6 heteroatoms. The van der Waals surface area contributed by atoms with Crippen LogP contribution in [-0.2, 0) is 6.42 Å². The van der Waals surface area contributed by atoms with E-state index in [0.717, 1.165) is 49.8 Å². The number of furan rings is 1. The molecule has 0 bridgehead atoms. The first kappa shape index (κ1) is 12.2. The van der Waals surface area contributed by atoms with Gasteiger partial charge in [-0.25, -0.2) is 0 Å². The van der Waals surface area contributed by atoms with Crippen molar-refractivity contribution in [1.29, 1.82) is 0 Å². The molecule has 19 heavy (non-hydrogen) atoms. The Balaban J connectivity index is 1.75. The average Bonchev–Trinajstić information content (AvgIpc) is 3.08. The quantitative estimate of drug-likeness (QED) is 0.875. The molecule has 2 aromatic rings. The molecule has 3 heterocycles. The molecule has 0 radical (unpaired) electrons.